The Morgan fingerprint density at radius 2 is 2.25 bits per heavy atom. The molecule has 0 aliphatic rings. The summed E-state index contributed by atoms with van der Waals surface area (Å²) < 4.78 is 31.5. The van der Waals surface area contributed by atoms with Gasteiger partial charge in [0.15, 0.2) is 0 Å². The maximum atomic E-state index is 13.4. The van der Waals surface area contributed by atoms with E-state index < -0.39 is 23.9 Å². The van der Waals surface area contributed by atoms with Gasteiger partial charge in [0.1, 0.15) is 6.42 Å². The number of ether oxygens (including phenoxy) is 1. The van der Waals surface area contributed by atoms with E-state index in [2.05, 4.69) is 4.98 Å². The second-order valence-electron chi connectivity index (χ2n) is 3.33. The van der Waals surface area contributed by atoms with E-state index in [0.717, 1.165) is 6.20 Å². The Morgan fingerprint density at radius 1 is 1.62 bits per heavy atom. The van der Waals surface area contributed by atoms with Crippen LogP contribution >= 0.6 is 0 Å². The number of hydrogen-bond acceptors (Lipinski definition) is 3. The molecule has 0 bridgehead atoms. The number of nitrogens with zero attached hydrogens (tertiary/aromatic N) is 1. The average molecular weight is 231 g/mol. The van der Waals surface area contributed by atoms with Crippen molar-refractivity contribution in [2.75, 3.05) is 7.11 Å². The van der Waals surface area contributed by atoms with E-state index in [0.29, 0.717) is 5.56 Å². The Labute approximate surface area is 90.9 Å². The van der Waals surface area contributed by atoms with Crippen molar-refractivity contribution in [3.63, 3.8) is 0 Å². The summed E-state index contributed by atoms with van der Waals surface area (Å²) in [5.41, 5.74) is 0.0123. The van der Waals surface area contributed by atoms with E-state index >= 15 is 0 Å². The van der Waals surface area contributed by atoms with E-state index in [1.54, 1.807) is 6.92 Å². The number of carbonyl (C=O) groups is 1. The first-order valence-electron chi connectivity index (χ1n) is 4.47. The Hall–Kier alpha value is -1.72. The number of aliphatic carboxylic acids is 1. The zero-order chi connectivity index (χ0) is 12.3. The molecule has 88 valence electrons. The highest BCUT2D eigenvalue weighted by Crippen LogP contribution is 2.32. The SMILES string of the molecule is COc1ncc(C(F)(F)CC(=O)O)cc1C. The van der Waals surface area contributed by atoms with Crippen LogP contribution in [-0.2, 0) is 10.7 Å². The minimum Gasteiger partial charge on any atom is -0.481 e. The third kappa shape index (κ3) is 2.65. The summed E-state index contributed by atoms with van der Waals surface area (Å²) in [6.07, 6.45) is -0.324. The predicted octanol–water partition coefficient (Wildman–Crippen LogP) is 1.97. The fraction of sp³-hybridized carbons (Fsp3) is 0.400. The number of aromatic nitrogens is 1. The minimum absolute atomic E-state index is 0.245. The maximum Gasteiger partial charge on any atom is 0.309 e. The molecule has 0 saturated carbocycles. The Kier molecular flexibility index (Phi) is 3.41. The molecule has 0 saturated heterocycles. The first-order valence-corrected chi connectivity index (χ1v) is 4.47. The standard InChI is InChI=1S/C10H11F2NO3/c1-6-3-7(5-13-9(6)16-2)10(11,12)4-8(14)15/h3,5H,4H2,1-2H3,(H,14,15). The maximum absolute atomic E-state index is 13.4. The molecule has 0 amide bonds. The van der Waals surface area contributed by atoms with Gasteiger partial charge in [-0.15, -0.1) is 0 Å². The van der Waals surface area contributed by atoms with Crippen molar-refractivity contribution < 1.29 is 23.4 Å². The minimum atomic E-state index is -3.42. The van der Waals surface area contributed by atoms with Crippen LogP contribution in [0.4, 0.5) is 8.78 Å². The van der Waals surface area contributed by atoms with Gasteiger partial charge in [-0.3, -0.25) is 4.79 Å². The second kappa shape index (κ2) is 4.42. The monoisotopic (exact) mass is 231 g/mol. The average Bonchev–Trinajstić information content (AvgIpc) is 2.15. The highest BCUT2D eigenvalue weighted by molar-refractivity contribution is 5.68. The first-order chi connectivity index (χ1) is 7.36. The molecule has 0 atom stereocenters. The summed E-state index contributed by atoms with van der Waals surface area (Å²) in [7, 11) is 1.38. The van der Waals surface area contributed by atoms with Gasteiger partial charge in [0.05, 0.1) is 7.11 Å². The lowest BCUT2D eigenvalue weighted by atomic mass is 10.1. The lowest BCUT2D eigenvalue weighted by molar-refractivity contribution is -0.145. The molecule has 0 radical (unpaired) electrons. The summed E-state index contributed by atoms with van der Waals surface area (Å²) >= 11 is 0. The van der Waals surface area contributed by atoms with Crippen LogP contribution in [0.3, 0.4) is 0 Å². The summed E-state index contributed by atoms with van der Waals surface area (Å²) in [5, 5.41) is 8.36. The molecule has 6 heteroatoms. The first kappa shape index (κ1) is 12.4. The number of pyridine rings is 1. The van der Waals surface area contributed by atoms with Gasteiger partial charge in [-0.1, -0.05) is 0 Å². The van der Waals surface area contributed by atoms with E-state index in [4.69, 9.17) is 9.84 Å². The van der Waals surface area contributed by atoms with Crippen molar-refractivity contribution >= 4 is 5.97 Å². The molecule has 0 unspecified atom stereocenters. The van der Waals surface area contributed by atoms with Crippen molar-refractivity contribution in [3.8, 4) is 5.88 Å². The third-order valence-electron chi connectivity index (χ3n) is 2.02. The summed E-state index contributed by atoms with van der Waals surface area (Å²) in [6.45, 7) is 1.56. The molecule has 1 heterocycles. The lowest BCUT2D eigenvalue weighted by Gasteiger charge is -2.15. The number of carboxylic acids is 1. The van der Waals surface area contributed by atoms with Crippen molar-refractivity contribution in [2.45, 2.75) is 19.3 Å². The molecule has 1 N–H and O–H groups in total. The molecule has 0 fully saturated rings. The molecule has 0 aliphatic heterocycles. The Morgan fingerprint density at radius 3 is 2.69 bits per heavy atom. The van der Waals surface area contributed by atoms with Crippen molar-refractivity contribution in [1.29, 1.82) is 0 Å². The van der Waals surface area contributed by atoms with Gasteiger partial charge in [0.2, 0.25) is 5.88 Å². The molecule has 16 heavy (non-hydrogen) atoms. The van der Waals surface area contributed by atoms with Crippen molar-refractivity contribution in [1.82, 2.24) is 4.98 Å². The van der Waals surface area contributed by atoms with Gasteiger partial charge in [0, 0.05) is 17.3 Å². The molecular weight excluding hydrogens is 220 g/mol. The number of halogens is 2. The topological polar surface area (TPSA) is 59.4 Å². The fourth-order valence-electron chi connectivity index (χ4n) is 1.27. The van der Waals surface area contributed by atoms with Crippen LogP contribution in [0, 0.1) is 6.92 Å². The summed E-state index contributed by atoms with van der Waals surface area (Å²) in [4.78, 5) is 13.9. The van der Waals surface area contributed by atoms with Gasteiger partial charge in [-0.2, -0.15) is 0 Å². The summed E-state index contributed by atoms with van der Waals surface area (Å²) in [5.74, 6) is -4.73. The molecule has 4 nitrogen and oxygen atoms in total. The van der Waals surface area contributed by atoms with Crippen LogP contribution in [0.1, 0.15) is 17.5 Å². The van der Waals surface area contributed by atoms with E-state index in [-0.39, 0.29) is 5.88 Å². The number of carboxylic acid groups (broad SMARTS) is 1. The fourth-order valence-corrected chi connectivity index (χ4v) is 1.27. The van der Waals surface area contributed by atoms with E-state index in [9.17, 15) is 13.6 Å². The molecule has 1 aromatic rings. The molecule has 0 aromatic carbocycles. The second-order valence-corrected chi connectivity index (χ2v) is 3.33. The van der Waals surface area contributed by atoms with Gasteiger partial charge >= 0.3 is 5.97 Å². The van der Waals surface area contributed by atoms with Crippen molar-refractivity contribution in [3.05, 3.63) is 23.4 Å². The van der Waals surface area contributed by atoms with Crippen LogP contribution < -0.4 is 4.74 Å². The number of alkyl halides is 2. The van der Waals surface area contributed by atoms with Gasteiger partial charge in [-0.05, 0) is 13.0 Å². The van der Waals surface area contributed by atoms with Crippen LogP contribution in [0.2, 0.25) is 0 Å². The van der Waals surface area contributed by atoms with Crippen LogP contribution in [0.15, 0.2) is 12.3 Å². The third-order valence-corrected chi connectivity index (χ3v) is 2.02. The smallest absolute Gasteiger partial charge is 0.309 e. The number of methoxy groups -OCH3 is 1. The Balaban J connectivity index is 3.04. The van der Waals surface area contributed by atoms with Crippen molar-refractivity contribution in [2.24, 2.45) is 0 Å². The highest BCUT2D eigenvalue weighted by Gasteiger charge is 2.35. The highest BCUT2D eigenvalue weighted by atomic mass is 19.3. The zero-order valence-corrected chi connectivity index (χ0v) is 8.83. The van der Waals surface area contributed by atoms with E-state index in [1.165, 1.54) is 13.2 Å². The largest absolute Gasteiger partial charge is 0.481 e. The van der Waals surface area contributed by atoms with Crippen LogP contribution in [0.25, 0.3) is 0 Å². The Bertz CT molecular complexity index is 407. The molecular formula is C10H11F2NO3. The number of hydrogen-bond donors (Lipinski definition) is 1. The van der Waals surface area contributed by atoms with Gasteiger partial charge in [-0.25, -0.2) is 13.8 Å². The number of aryl methyl sites for hydroxylation is 1. The zero-order valence-electron chi connectivity index (χ0n) is 8.83. The molecule has 0 aliphatic carbocycles. The molecule has 1 aromatic heterocycles. The predicted molar refractivity (Wildman–Crippen MR) is 51.7 cm³/mol. The van der Waals surface area contributed by atoms with Crippen LogP contribution in [-0.4, -0.2) is 23.2 Å². The number of rotatable bonds is 4. The summed E-state index contributed by atoms with van der Waals surface area (Å²) in [6, 6.07) is 1.18. The van der Waals surface area contributed by atoms with E-state index in [1.807, 2.05) is 0 Å². The normalized spacial score (nSPS) is 11.2. The molecule has 1 rings (SSSR count). The quantitative estimate of drug-likeness (QED) is 0.860. The lowest BCUT2D eigenvalue weighted by Crippen LogP contribution is -2.19. The van der Waals surface area contributed by atoms with Gasteiger partial charge in [0.25, 0.3) is 5.92 Å². The van der Waals surface area contributed by atoms with Crippen LogP contribution in [0.5, 0.6) is 5.88 Å². The van der Waals surface area contributed by atoms with Gasteiger partial charge < -0.3 is 9.84 Å². The molecule has 0 spiro atoms.